The van der Waals surface area contributed by atoms with Crippen LogP contribution in [0.5, 0.6) is 17.2 Å². The van der Waals surface area contributed by atoms with Crippen molar-refractivity contribution >= 4 is 26.8 Å². The highest BCUT2D eigenvalue weighted by Crippen LogP contribution is 2.51. The summed E-state index contributed by atoms with van der Waals surface area (Å²) in [7, 11) is 3.11. The third-order valence-corrected chi connectivity index (χ3v) is 6.01. The van der Waals surface area contributed by atoms with Gasteiger partial charge < -0.3 is 25.2 Å². The Balaban J connectivity index is 2.08. The van der Waals surface area contributed by atoms with E-state index in [0.29, 0.717) is 32.6 Å². The number of hydrogen-bond donors (Lipinski definition) is 2. The van der Waals surface area contributed by atoms with Gasteiger partial charge in [0, 0.05) is 17.1 Å². The summed E-state index contributed by atoms with van der Waals surface area (Å²) < 4.78 is 18.5. The van der Waals surface area contributed by atoms with Gasteiger partial charge in [-0.1, -0.05) is 6.07 Å². The molecule has 0 spiro atoms. The molecule has 148 valence electrons. The van der Waals surface area contributed by atoms with Gasteiger partial charge in [-0.15, -0.1) is 0 Å². The van der Waals surface area contributed by atoms with Gasteiger partial charge in [-0.3, -0.25) is 0 Å². The molecule has 1 atom stereocenters. The van der Waals surface area contributed by atoms with Gasteiger partial charge in [-0.25, -0.2) is 0 Å². The molecule has 0 amide bonds. The molecule has 2 aromatic carbocycles. The number of benzene rings is 2. The smallest absolute Gasteiger partial charge is 0.205 e. The number of aromatic nitrogens is 1. The first kappa shape index (κ1) is 19.0. The fraction of sp³-hybridized carbons (Fsp3) is 0.190. The van der Waals surface area contributed by atoms with Crippen molar-refractivity contribution in [3.63, 3.8) is 0 Å². The summed E-state index contributed by atoms with van der Waals surface area (Å²) in [6, 6.07) is 11.3. The number of hydrogen-bond acceptors (Lipinski definition) is 6. The minimum absolute atomic E-state index is 0.0200. The van der Waals surface area contributed by atoms with E-state index in [4.69, 9.17) is 19.9 Å². The van der Waals surface area contributed by atoms with Crippen molar-refractivity contribution in [1.82, 2.24) is 4.73 Å². The highest BCUT2D eigenvalue weighted by atomic mass is 79.9. The summed E-state index contributed by atoms with van der Waals surface area (Å²) in [5, 5.41) is 20.6. The van der Waals surface area contributed by atoms with E-state index < -0.39 is 5.41 Å². The van der Waals surface area contributed by atoms with E-state index in [1.807, 2.05) is 25.1 Å². The van der Waals surface area contributed by atoms with E-state index in [0.717, 1.165) is 15.9 Å². The second kappa shape index (κ2) is 6.64. The lowest BCUT2D eigenvalue weighted by Crippen LogP contribution is -2.34. The molecule has 0 bridgehead atoms. The highest BCUT2D eigenvalue weighted by Gasteiger charge is 2.43. The lowest BCUT2D eigenvalue weighted by Gasteiger charge is -2.36. The largest absolute Gasteiger partial charge is 0.493 e. The molecule has 29 heavy (non-hydrogen) atoms. The number of nitriles is 1. The molecule has 0 saturated carbocycles. The maximum absolute atomic E-state index is 10.0. The molecule has 0 aliphatic carbocycles. The predicted molar refractivity (Wildman–Crippen MR) is 110 cm³/mol. The first-order valence-corrected chi connectivity index (χ1v) is 9.50. The average molecular weight is 456 g/mol. The maximum Gasteiger partial charge on any atom is 0.205 e. The molecule has 2 heterocycles. The SMILES string of the molecule is COc1cc(C2(C)C(C#N)=C(N)Oc3c2ccc2c3ccn2O)cc(Br)c1OC. The van der Waals surface area contributed by atoms with Gasteiger partial charge in [0.2, 0.25) is 5.88 Å². The molecule has 3 aromatic rings. The molecule has 7 nitrogen and oxygen atoms in total. The van der Waals surface area contributed by atoms with E-state index in [1.165, 1.54) is 6.20 Å². The Morgan fingerprint density at radius 2 is 2.00 bits per heavy atom. The van der Waals surface area contributed by atoms with Crippen molar-refractivity contribution in [2.24, 2.45) is 5.73 Å². The third-order valence-electron chi connectivity index (χ3n) is 5.42. The van der Waals surface area contributed by atoms with E-state index in [-0.39, 0.29) is 11.5 Å². The molecule has 1 aliphatic rings. The first-order valence-electron chi connectivity index (χ1n) is 8.70. The van der Waals surface area contributed by atoms with Crippen LogP contribution in [0.3, 0.4) is 0 Å². The molecule has 0 saturated heterocycles. The van der Waals surface area contributed by atoms with Crippen LogP contribution in [-0.2, 0) is 5.41 Å². The number of fused-ring (bicyclic) bond motifs is 3. The molecule has 1 aromatic heterocycles. The lowest BCUT2D eigenvalue weighted by molar-refractivity contribution is 0.200. The second-order valence-corrected chi connectivity index (χ2v) is 7.66. The number of ether oxygens (including phenoxy) is 3. The second-order valence-electron chi connectivity index (χ2n) is 6.81. The van der Waals surface area contributed by atoms with E-state index in [1.54, 1.807) is 26.4 Å². The molecule has 3 N–H and O–H groups in total. The van der Waals surface area contributed by atoms with Crippen molar-refractivity contribution < 1.29 is 19.4 Å². The highest BCUT2D eigenvalue weighted by molar-refractivity contribution is 9.10. The van der Waals surface area contributed by atoms with Crippen molar-refractivity contribution in [3.8, 4) is 23.3 Å². The van der Waals surface area contributed by atoms with Crippen LogP contribution < -0.4 is 19.9 Å². The summed E-state index contributed by atoms with van der Waals surface area (Å²) in [5.74, 6) is 1.59. The summed E-state index contributed by atoms with van der Waals surface area (Å²) in [6.45, 7) is 1.91. The summed E-state index contributed by atoms with van der Waals surface area (Å²) in [5.41, 5.74) is 7.65. The molecule has 1 aliphatic heterocycles. The van der Waals surface area contributed by atoms with Gasteiger partial charge in [0.05, 0.1) is 29.6 Å². The van der Waals surface area contributed by atoms with Crippen LogP contribution >= 0.6 is 15.9 Å². The Labute approximate surface area is 175 Å². The molecule has 8 heteroatoms. The molecule has 4 rings (SSSR count). The Hall–Kier alpha value is -3.31. The monoisotopic (exact) mass is 455 g/mol. The predicted octanol–water partition coefficient (Wildman–Crippen LogP) is 4.05. The first-order chi connectivity index (χ1) is 13.9. The summed E-state index contributed by atoms with van der Waals surface area (Å²) in [6.07, 6.45) is 1.53. The van der Waals surface area contributed by atoms with Crippen LogP contribution in [0, 0.1) is 11.3 Å². The van der Waals surface area contributed by atoms with Crippen LogP contribution in [0.4, 0.5) is 0 Å². The normalized spacial score (nSPS) is 18.2. The number of nitrogens with two attached hydrogens (primary N) is 1. The standard InChI is InChI=1S/C21H18BrN3O4/c1-21(11-8-15(22)19(28-3)17(9-11)27-2)13-4-5-16-12(6-7-25(16)26)18(13)29-20(24)14(21)10-23/h4-9,26H,24H2,1-3H3. The summed E-state index contributed by atoms with van der Waals surface area (Å²) >= 11 is 3.53. The Kier molecular flexibility index (Phi) is 4.35. The van der Waals surface area contributed by atoms with Crippen LogP contribution in [-0.4, -0.2) is 24.2 Å². The van der Waals surface area contributed by atoms with Crippen molar-refractivity contribution in [1.29, 1.82) is 5.26 Å². The number of methoxy groups -OCH3 is 2. The van der Waals surface area contributed by atoms with Crippen molar-refractivity contribution in [3.05, 3.63) is 63.6 Å². The molecular weight excluding hydrogens is 438 g/mol. The molecule has 1 unspecified atom stereocenters. The Morgan fingerprint density at radius 3 is 2.66 bits per heavy atom. The average Bonchev–Trinajstić information content (AvgIpc) is 3.08. The zero-order valence-electron chi connectivity index (χ0n) is 16.0. The maximum atomic E-state index is 10.0. The minimum Gasteiger partial charge on any atom is -0.493 e. The van der Waals surface area contributed by atoms with Crippen LogP contribution in [0.1, 0.15) is 18.1 Å². The van der Waals surface area contributed by atoms with Crippen LogP contribution in [0.25, 0.3) is 10.9 Å². The molecular formula is C21H18BrN3O4. The van der Waals surface area contributed by atoms with Gasteiger partial charge in [0.1, 0.15) is 17.4 Å². The number of rotatable bonds is 3. The van der Waals surface area contributed by atoms with Gasteiger partial charge in [-0.2, -0.15) is 9.99 Å². The fourth-order valence-electron chi connectivity index (χ4n) is 3.89. The third kappa shape index (κ3) is 2.54. The number of allylic oxidation sites excluding steroid dienone is 1. The number of halogens is 1. The Bertz CT molecular complexity index is 1220. The Morgan fingerprint density at radius 1 is 1.24 bits per heavy atom. The topological polar surface area (TPSA) is 103 Å². The quantitative estimate of drug-likeness (QED) is 0.577. The van der Waals surface area contributed by atoms with E-state index >= 15 is 0 Å². The van der Waals surface area contributed by atoms with Gasteiger partial charge in [-0.05, 0) is 52.7 Å². The van der Waals surface area contributed by atoms with Gasteiger partial charge in [0.15, 0.2) is 11.5 Å². The zero-order valence-corrected chi connectivity index (χ0v) is 17.6. The van der Waals surface area contributed by atoms with E-state index in [9.17, 15) is 10.5 Å². The fourth-order valence-corrected chi connectivity index (χ4v) is 4.50. The van der Waals surface area contributed by atoms with Crippen molar-refractivity contribution in [2.75, 3.05) is 14.2 Å². The lowest BCUT2D eigenvalue weighted by atomic mass is 9.69. The van der Waals surface area contributed by atoms with Crippen molar-refractivity contribution in [2.45, 2.75) is 12.3 Å². The minimum atomic E-state index is -0.916. The van der Waals surface area contributed by atoms with Gasteiger partial charge in [0.25, 0.3) is 0 Å². The molecule has 0 fully saturated rings. The van der Waals surface area contributed by atoms with E-state index in [2.05, 4.69) is 22.0 Å². The number of nitrogens with zero attached hydrogens (tertiary/aromatic N) is 2. The molecule has 0 radical (unpaired) electrons. The van der Waals surface area contributed by atoms with Gasteiger partial charge >= 0.3 is 0 Å². The van der Waals surface area contributed by atoms with Crippen LogP contribution in [0.15, 0.2) is 52.5 Å². The van der Waals surface area contributed by atoms with Crippen LogP contribution in [0.2, 0.25) is 0 Å². The zero-order chi connectivity index (χ0) is 20.9. The summed E-state index contributed by atoms with van der Waals surface area (Å²) in [4.78, 5) is 0.